The summed E-state index contributed by atoms with van der Waals surface area (Å²) in [6.45, 7) is 3.15. The summed E-state index contributed by atoms with van der Waals surface area (Å²) in [4.78, 5) is 14.4. The molecular formula is C15H18N2O2S. The maximum absolute atomic E-state index is 11.3. The Balaban J connectivity index is 2.24. The van der Waals surface area contributed by atoms with Crippen LogP contribution in [0.4, 0.5) is 5.69 Å². The minimum Gasteiger partial charge on any atom is -0.481 e. The van der Waals surface area contributed by atoms with Gasteiger partial charge in [0.05, 0.1) is 16.7 Å². The lowest BCUT2D eigenvalue weighted by atomic mass is 9.80. The van der Waals surface area contributed by atoms with Crippen molar-refractivity contribution >= 4 is 23.4 Å². The van der Waals surface area contributed by atoms with E-state index in [1.54, 1.807) is 18.7 Å². The van der Waals surface area contributed by atoms with E-state index in [-0.39, 0.29) is 0 Å². The highest BCUT2D eigenvalue weighted by atomic mass is 32.2. The van der Waals surface area contributed by atoms with Gasteiger partial charge in [0.15, 0.2) is 0 Å². The van der Waals surface area contributed by atoms with Crippen molar-refractivity contribution in [1.82, 2.24) is 0 Å². The molecule has 5 heteroatoms. The third-order valence-corrected chi connectivity index (χ3v) is 4.84. The van der Waals surface area contributed by atoms with Gasteiger partial charge in [-0.15, -0.1) is 11.8 Å². The second-order valence-electron chi connectivity index (χ2n) is 5.32. The van der Waals surface area contributed by atoms with Crippen LogP contribution in [0.3, 0.4) is 0 Å². The number of carboxylic acids is 1. The standard InChI is InChI=1S/C15H18N2O2S/c1-15(14(18)19)6-8-17(9-7-15)12-4-3-5-13(20-2)11(12)10-16/h3-5H,6-9H2,1-2H3,(H,18,19). The van der Waals surface area contributed by atoms with Gasteiger partial charge in [0.25, 0.3) is 0 Å². The molecule has 1 saturated heterocycles. The van der Waals surface area contributed by atoms with E-state index in [0.29, 0.717) is 31.5 Å². The molecule has 0 unspecified atom stereocenters. The molecule has 0 aliphatic carbocycles. The number of aliphatic carboxylic acids is 1. The van der Waals surface area contributed by atoms with Crippen molar-refractivity contribution in [1.29, 1.82) is 5.26 Å². The predicted molar refractivity (Wildman–Crippen MR) is 80.1 cm³/mol. The van der Waals surface area contributed by atoms with Gasteiger partial charge in [-0.25, -0.2) is 0 Å². The van der Waals surface area contributed by atoms with Gasteiger partial charge < -0.3 is 10.0 Å². The van der Waals surface area contributed by atoms with E-state index in [1.807, 2.05) is 24.5 Å². The maximum atomic E-state index is 11.3. The summed E-state index contributed by atoms with van der Waals surface area (Å²) in [6.07, 6.45) is 3.17. The molecule has 2 rings (SSSR count). The molecule has 0 spiro atoms. The van der Waals surface area contributed by atoms with Crippen LogP contribution in [-0.4, -0.2) is 30.4 Å². The summed E-state index contributed by atoms with van der Waals surface area (Å²) in [7, 11) is 0. The first-order valence-electron chi connectivity index (χ1n) is 6.57. The SMILES string of the molecule is CSc1cccc(N2CCC(C)(C(=O)O)CC2)c1C#N. The number of carbonyl (C=O) groups is 1. The van der Waals surface area contributed by atoms with Crippen LogP contribution in [0, 0.1) is 16.7 Å². The lowest BCUT2D eigenvalue weighted by Crippen LogP contribution is -2.43. The van der Waals surface area contributed by atoms with Gasteiger partial charge in [-0.05, 0) is 38.2 Å². The second kappa shape index (κ2) is 5.76. The van der Waals surface area contributed by atoms with Crippen molar-refractivity contribution in [2.75, 3.05) is 24.2 Å². The van der Waals surface area contributed by atoms with Crippen LogP contribution in [0.25, 0.3) is 0 Å². The van der Waals surface area contributed by atoms with E-state index in [1.165, 1.54) is 0 Å². The highest BCUT2D eigenvalue weighted by molar-refractivity contribution is 7.98. The molecule has 0 bridgehead atoms. The number of nitriles is 1. The number of benzene rings is 1. The van der Waals surface area contributed by atoms with Crippen molar-refractivity contribution in [3.63, 3.8) is 0 Å². The zero-order valence-corrected chi connectivity index (χ0v) is 12.5. The Morgan fingerprint density at radius 3 is 2.60 bits per heavy atom. The van der Waals surface area contributed by atoms with Gasteiger partial charge >= 0.3 is 5.97 Å². The topological polar surface area (TPSA) is 64.3 Å². The average molecular weight is 290 g/mol. The molecule has 0 atom stereocenters. The molecule has 0 radical (unpaired) electrons. The Kier molecular flexibility index (Phi) is 4.24. The van der Waals surface area contributed by atoms with Crippen LogP contribution in [0.1, 0.15) is 25.3 Å². The molecule has 1 aromatic rings. The number of piperidine rings is 1. The van der Waals surface area contributed by atoms with Crippen LogP contribution in [0.5, 0.6) is 0 Å². The highest BCUT2D eigenvalue weighted by Gasteiger charge is 2.37. The second-order valence-corrected chi connectivity index (χ2v) is 6.17. The molecule has 1 N–H and O–H groups in total. The Morgan fingerprint density at radius 1 is 1.45 bits per heavy atom. The first kappa shape index (κ1) is 14.7. The normalized spacial score (nSPS) is 17.6. The molecular weight excluding hydrogens is 272 g/mol. The smallest absolute Gasteiger partial charge is 0.309 e. The number of anilines is 1. The Labute approximate surface area is 123 Å². The molecule has 106 valence electrons. The monoisotopic (exact) mass is 290 g/mol. The molecule has 4 nitrogen and oxygen atoms in total. The third kappa shape index (κ3) is 2.61. The fourth-order valence-electron chi connectivity index (χ4n) is 2.52. The van der Waals surface area contributed by atoms with Crippen molar-refractivity contribution < 1.29 is 9.90 Å². The molecule has 0 saturated carbocycles. The van der Waals surface area contributed by atoms with Crippen LogP contribution >= 0.6 is 11.8 Å². The summed E-state index contributed by atoms with van der Waals surface area (Å²) in [5, 5.41) is 18.6. The average Bonchev–Trinajstić information content (AvgIpc) is 2.47. The van der Waals surface area contributed by atoms with Gasteiger partial charge in [-0.1, -0.05) is 6.07 Å². The van der Waals surface area contributed by atoms with Crippen LogP contribution in [-0.2, 0) is 4.79 Å². The number of nitrogens with zero attached hydrogens (tertiary/aromatic N) is 2. The van der Waals surface area contributed by atoms with E-state index >= 15 is 0 Å². The zero-order chi connectivity index (χ0) is 14.8. The van der Waals surface area contributed by atoms with Crippen LogP contribution in [0.2, 0.25) is 0 Å². The van der Waals surface area contributed by atoms with Gasteiger partial charge in [-0.3, -0.25) is 4.79 Å². The van der Waals surface area contributed by atoms with E-state index in [0.717, 1.165) is 10.6 Å². The lowest BCUT2D eigenvalue weighted by Gasteiger charge is -2.38. The fourth-order valence-corrected chi connectivity index (χ4v) is 3.09. The Hall–Kier alpha value is -1.67. The highest BCUT2D eigenvalue weighted by Crippen LogP contribution is 2.36. The van der Waals surface area contributed by atoms with E-state index in [2.05, 4.69) is 11.0 Å². The minimum absolute atomic E-state index is 0.608. The summed E-state index contributed by atoms with van der Waals surface area (Å²) in [5.74, 6) is -0.726. The van der Waals surface area contributed by atoms with E-state index in [9.17, 15) is 15.2 Å². The number of carboxylic acid groups (broad SMARTS) is 1. The van der Waals surface area contributed by atoms with Crippen molar-refractivity contribution in [2.24, 2.45) is 5.41 Å². The third-order valence-electron chi connectivity index (χ3n) is 4.06. The molecule has 1 aromatic carbocycles. The molecule has 1 aliphatic rings. The molecule has 1 fully saturated rings. The predicted octanol–water partition coefficient (Wildman–Crippen LogP) is 2.97. The van der Waals surface area contributed by atoms with Crippen molar-refractivity contribution in [2.45, 2.75) is 24.7 Å². The largest absolute Gasteiger partial charge is 0.481 e. The Morgan fingerprint density at radius 2 is 2.10 bits per heavy atom. The van der Waals surface area contributed by atoms with Crippen molar-refractivity contribution in [3.05, 3.63) is 23.8 Å². The quantitative estimate of drug-likeness (QED) is 0.867. The molecule has 0 amide bonds. The first-order valence-corrected chi connectivity index (χ1v) is 7.80. The van der Waals surface area contributed by atoms with Gasteiger partial charge in [0.2, 0.25) is 0 Å². The number of thioether (sulfide) groups is 1. The zero-order valence-electron chi connectivity index (χ0n) is 11.7. The summed E-state index contributed by atoms with van der Waals surface area (Å²) >= 11 is 1.56. The summed E-state index contributed by atoms with van der Waals surface area (Å²) in [5.41, 5.74) is 0.978. The molecule has 20 heavy (non-hydrogen) atoms. The summed E-state index contributed by atoms with van der Waals surface area (Å²) < 4.78 is 0. The van der Waals surface area contributed by atoms with Crippen molar-refractivity contribution in [3.8, 4) is 6.07 Å². The number of hydrogen-bond acceptors (Lipinski definition) is 4. The fraction of sp³-hybridized carbons (Fsp3) is 0.467. The molecule has 1 aliphatic heterocycles. The first-order chi connectivity index (χ1) is 9.51. The molecule has 1 heterocycles. The van der Waals surface area contributed by atoms with Crippen LogP contribution < -0.4 is 4.90 Å². The number of rotatable bonds is 3. The Bertz CT molecular complexity index is 557. The molecule has 0 aromatic heterocycles. The lowest BCUT2D eigenvalue weighted by molar-refractivity contribution is -0.149. The van der Waals surface area contributed by atoms with E-state index in [4.69, 9.17) is 0 Å². The van der Waals surface area contributed by atoms with Crippen LogP contribution in [0.15, 0.2) is 23.1 Å². The minimum atomic E-state index is -0.726. The van der Waals surface area contributed by atoms with Gasteiger partial charge in [0, 0.05) is 18.0 Å². The van der Waals surface area contributed by atoms with E-state index < -0.39 is 11.4 Å². The maximum Gasteiger partial charge on any atom is 0.309 e. The summed E-state index contributed by atoms with van der Waals surface area (Å²) in [6, 6.07) is 8.12. The number of hydrogen-bond donors (Lipinski definition) is 1. The van der Waals surface area contributed by atoms with Gasteiger partial charge in [0.1, 0.15) is 6.07 Å². The van der Waals surface area contributed by atoms with Gasteiger partial charge in [-0.2, -0.15) is 5.26 Å².